The Kier molecular flexibility index (Phi) is 6.16. The first kappa shape index (κ1) is 15.0. The van der Waals surface area contributed by atoms with Gasteiger partial charge in [0.15, 0.2) is 0 Å². The first-order chi connectivity index (χ1) is 8.54. The maximum absolute atomic E-state index is 11.4. The predicted octanol–water partition coefficient (Wildman–Crippen LogP) is 3.33. The summed E-state index contributed by atoms with van der Waals surface area (Å²) in [6, 6.07) is 7.86. The summed E-state index contributed by atoms with van der Waals surface area (Å²) >= 11 is 6.13. The van der Waals surface area contributed by atoms with Crippen molar-refractivity contribution in [3.05, 3.63) is 34.9 Å². The number of rotatable bonds is 6. The van der Waals surface area contributed by atoms with Gasteiger partial charge in [0.05, 0.1) is 13.0 Å². The molecule has 4 heteroatoms. The van der Waals surface area contributed by atoms with Crippen LogP contribution >= 0.6 is 11.6 Å². The summed E-state index contributed by atoms with van der Waals surface area (Å²) in [6.45, 7) is 6.22. The van der Waals surface area contributed by atoms with Crippen LogP contribution in [0.5, 0.6) is 0 Å². The molecule has 0 aliphatic carbocycles. The SMILES string of the molecule is CCOC(=O)CC(C)N[C@@H](C)c1ccccc1Cl. The molecule has 1 aromatic rings. The Balaban J connectivity index is 2.52. The van der Waals surface area contributed by atoms with Crippen LogP contribution in [0.2, 0.25) is 5.02 Å². The van der Waals surface area contributed by atoms with Gasteiger partial charge in [0.25, 0.3) is 0 Å². The Morgan fingerprint density at radius 1 is 1.39 bits per heavy atom. The molecule has 0 saturated carbocycles. The highest BCUT2D eigenvalue weighted by Crippen LogP contribution is 2.22. The number of benzene rings is 1. The molecule has 0 spiro atoms. The summed E-state index contributed by atoms with van der Waals surface area (Å²) < 4.78 is 4.92. The van der Waals surface area contributed by atoms with Gasteiger partial charge in [-0.05, 0) is 32.4 Å². The van der Waals surface area contributed by atoms with Gasteiger partial charge >= 0.3 is 5.97 Å². The number of hydrogen-bond donors (Lipinski definition) is 1. The molecule has 2 atom stereocenters. The van der Waals surface area contributed by atoms with Crippen LogP contribution in [0.1, 0.15) is 38.8 Å². The fourth-order valence-corrected chi connectivity index (χ4v) is 2.17. The largest absolute Gasteiger partial charge is 0.466 e. The molecule has 0 aliphatic heterocycles. The molecule has 0 aromatic heterocycles. The highest BCUT2D eigenvalue weighted by molar-refractivity contribution is 6.31. The Morgan fingerprint density at radius 2 is 2.06 bits per heavy atom. The average molecular weight is 270 g/mol. The summed E-state index contributed by atoms with van der Waals surface area (Å²) in [5.74, 6) is -0.177. The summed E-state index contributed by atoms with van der Waals surface area (Å²) in [7, 11) is 0. The molecule has 1 N–H and O–H groups in total. The Morgan fingerprint density at radius 3 is 2.67 bits per heavy atom. The Bertz CT molecular complexity index is 395. The molecule has 1 unspecified atom stereocenters. The lowest BCUT2D eigenvalue weighted by Gasteiger charge is -2.20. The van der Waals surface area contributed by atoms with Gasteiger partial charge in [-0.15, -0.1) is 0 Å². The van der Waals surface area contributed by atoms with Crippen LogP contribution in [0.3, 0.4) is 0 Å². The van der Waals surface area contributed by atoms with Crippen molar-refractivity contribution in [3.63, 3.8) is 0 Å². The van der Waals surface area contributed by atoms with E-state index in [1.54, 1.807) is 0 Å². The second-order valence-electron chi connectivity index (χ2n) is 4.32. The van der Waals surface area contributed by atoms with E-state index in [1.165, 1.54) is 0 Å². The van der Waals surface area contributed by atoms with Crippen LogP contribution in [0, 0.1) is 0 Å². The Hall–Kier alpha value is -1.06. The van der Waals surface area contributed by atoms with Gasteiger partial charge in [-0.2, -0.15) is 0 Å². The van der Waals surface area contributed by atoms with Crippen molar-refractivity contribution in [3.8, 4) is 0 Å². The zero-order valence-corrected chi connectivity index (χ0v) is 11.8. The molecule has 0 amide bonds. The second kappa shape index (κ2) is 7.39. The van der Waals surface area contributed by atoms with Crippen molar-refractivity contribution >= 4 is 17.6 Å². The highest BCUT2D eigenvalue weighted by Gasteiger charge is 2.14. The topological polar surface area (TPSA) is 38.3 Å². The number of halogens is 1. The third kappa shape index (κ3) is 4.67. The van der Waals surface area contributed by atoms with Crippen LogP contribution in [-0.4, -0.2) is 18.6 Å². The van der Waals surface area contributed by atoms with E-state index in [0.717, 1.165) is 10.6 Å². The number of carbonyl (C=O) groups excluding carboxylic acids is 1. The molecule has 0 aliphatic rings. The lowest BCUT2D eigenvalue weighted by Crippen LogP contribution is -2.31. The lowest BCUT2D eigenvalue weighted by molar-refractivity contribution is -0.143. The first-order valence-corrected chi connectivity index (χ1v) is 6.58. The van der Waals surface area contributed by atoms with E-state index in [4.69, 9.17) is 16.3 Å². The van der Waals surface area contributed by atoms with Crippen molar-refractivity contribution < 1.29 is 9.53 Å². The van der Waals surface area contributed by atoms with Crippen LogP contribution in [0.4, 0.5) is 0 Å². The molecule has 100 valence electrons. The van der Waals surface area contributed by atoms with Crippen molar-refractivity contribution in [2.75, 3.05) is 6.61 Å². The molecular weight excluding hydrogens is 250 g/mol. The maximum Gasteiger partial charge on any atom is 0.307 e. The molecule has 3 nitrogen and oxygen atoms in total. The minimum absolute atomic E-state index is 0.0512. The number of ether oxygens (including phenoxy) is 1. The fourth-order valence-electron chi connectivity index (χ4n) is 1.87. The average Bonchev–Trinajstić information content (AvgIpc) is 2.29. The number of nitrogens with one attached hydrogen (secondary N) is 1. The van der Waals surface area contributed by atoms with Crippen LogP contribution in [-0.2, 0) is 9.53 Å². The minimum Gasteiger partial charge on any atom is -0.466 e. The quantitative estimate of drug-likeness (QED) is 0.805. The van der Waals surface area contributed by atoms with E-state index >= 15 is 0 Å². The maximum atomic E-state index is 11.4. The van der Waals surface area contributed by atoms with Crippen molar-refractivity contribution in [1.29, 1.82) is 0 Å². The molecular formula is C14H20ClNO2. The fraction of sp³-hybridized carbons (Fsp3) is 0.500. The van der Waals surface area contributed by atoms with Crippen LogP contribution in [0.15, 0.2) is 24.3 Å². The molecule has 0 heterocycles. The highest BCUT2D eigenvalue weighted by atomic mass is 35.5. The van der Waals surface area contributed by atoms with E-state index in [0.29, 0.717) is 13.0 Å². The van der Waals surface area contributed by atoms with Gasteiger partial charge in [0.2, 0.25) is 0 Å². The summed E-state index contributed by atoms with van der Waals surface area (Å²) in [5.41, 5.74) is 1.04. The summed E-state index contributed by atoms with van der Waals surface area (Å²) in [4.78, 5) is 11.4. The van der Waals surface area contributed by atoms with Gasteiger partial charge in [0.1, 0.15) is 0 Å². The predicted molar refractivity (Wildman–Crippen MR) is 73.7 cm³/mol. The van der Waals surface area contributed by atoms with Crippen LogP contribution < -0.4 is 5.32 Å². The minimum atomic E-state index is -0.177. The molecule has 0 saturated heterocycles. The van der Waals surface area contributed by atoms with Gasteiger partial charge in [-0.3, -0.25) is 4.79 Å². The third-order valence-electron chi connectivity index (χ3n) is 2.68. The summed E-state index contributed by atoms with van der Waals surface area (Å²) in [6.07, 6.45) is 0.364. The zero-order chi connectivity index (χ0) is 13.5. The van der Waals surface area contributed by atoms with Crippen molar-refractivity contribution in [2.45, 2.75) is 39.3 Å². The van der Waals surface area contributed by atoms with E-state index in [1.807, 2.05) is 45.0 Å². The number of hydrogen-bond acceptors (Lipinski definition) is 3. The second-order valence-corrected chi connectivity index (χ2v) is 4.73. The van der Waals surface area contributed by atoms with Gasteiger partial charge in [0, 0.05) is 17.1 Å². The van der Waals surface area contributed by atoms with Gasteiger partial charge in [-0.1, -0.05) is 29.8 Å². The van der Waals surface area contributed by atoms with Gasteiger partial charge in [-0.25, -0.2) is 0 Å². The number of carbonyl (C=O) groups is 1. The monoisotopic (exact) mass is 269 g/mol. The normalized spacial score (nSPS) is 14.0. The standard InChI is InChI=1S/C14H20ClNO2/c1-4-18-14(17)9-10(2)16-11(3)12-7-5-6-8-13(12)15/h5-8,10-11,16H,4,9H2,1-3H3/t10?,11-/m0/s1. The lowest BCUT2D eigenvalue weighted by atomic mass is 10.1. The zero-order valence-electron chi connectivity index (χ0n) is 11.1. The third-order valence-corrected chi connectivity index (χ3v) is 3.03. The summed E-state index contributed by atoms with van der Waals surface area (Å²) in [5, 5.41) is 4.08. The molecule has 18 heavy (non-hydrogen) atoms. The molecule has 1 rings (SSSR count). The van der Waals surface area contributed by atoms with E-state index in [2.05, 4.69) is 5.32 Å². The molecule has 0 bridgehead atoms. The van der Waals surface area contributed by atoms with Crippen LogP contribution in [0.25, 0.3) is 0 Å². The van der Waals surface area contributed by atoms with Crippen molar-refractivity contribution in [2.24, 2.45) is 0 Å². The van der Waals surface area contributed by atoms with E-state index < -0.39 is 0 Å². The Labute approximate surface area is 113 Å². The molecule has 0 fully saturated rings. The van der Waals surface area contributed by atoms with Gasteiger partial charge < -0.3 is 10.1 Å². The molecule has 0 radical (unpaired) electrons. The van der Waals surface area contributed by atoms with E-state index in [-0.39, 0.29) is 18.1 Å². The van der Waals surface area contributed by atoms with Crippen molar-refractivity contribution in [1.82, 2.24) is 5.32 Å². The smallest absolute Gasteiger partial charge is 0.307 e. The van der Waals surface area contributed by atoms with E-state index in [9.17, 15) is 4.79 Å². The molecule has 1 aromatic carbocycles. The number of esters is 1. The first-order valence-electron chi connectivity index (χ1n) is 6.20.